The standard InChI is InChI=1S/C27H26N2O4/c1-16-7-5-9-20(12-16)23-22(24(30)21-13-17(2)11-18(3)26(21)33-4)25(31)27(32)29(23)15-19-8-6-10-28-14-19/h5-14,23,30H,15H2,1-4H3/b24-22+. The molecule has 2 heterocycles. The zero-order chi connectivity index (χ0) is 23.7. The first-order valence-electron chi connectivity index (χ1n) is 10.7. The van der Waals surface area contributed by atoms with Gasteiger partial charge >= 0.3 is 0 Å². The van der Waals surface area contributed by atoms with E-state index < -0.39 is 17.7 Å². The van der Waals surface area contributed by atoms with E-state index >= 15 is 0 Å². The molecule has 0 radical (unpaired) electrons. The number of Topliss-reactive ketones (excluding diaryl/α,β-unsaturated/α-hetero) is 1. The zero-order valence-electron chi connectivity index (χ0n) is 19.1. The van der Waals surface area contributed by atoms with Crippen molar-refractivity contribution in [3.05, 3.63) is 99.9 Å². The minimum Gasteiger partial charge on any atom is -0.507 e. The van der Waals surface area contributed by atoms with Crippen LogP contribution in [0.2, 0.25) is 0 Å². The molecule has 1 aliphatic rings. The predicted octanol–water partition coefficient (Wildman–Crippen LogP) is 4.64. The van der Waals surface area contributed by atoms with Gasteiger partial charge in [-0.15, -0.1) is 0 Å². The maximum Gasteiger partial charge on any atom is 0.295 e. The van der Waals surface area contributed by atoms with E-state index in [9.17, 15) is 14.7 Å². The van der Waals surface area contributed by atoms with Crippen LogP contribution in [0.3, 0.4) is 0 Å². The van der Waals surface area contributed by atoms with Gasteiger partial charge in [-0.05, 0) is 55.2 Å². The number of likely N-dealkylation sites (tertiary alicyclic amines) is 1. The Bertz CT molecular complexity index is 1260. The third kappa shape index (κ3) is 4.12. The quantitative estimate of drug-likeness (QED) is 0.354. The minimum absolute atomic E-state index is 0.0535. The van der Waals surface area contributed by atoms with E-state index in [1.807, 2.05) is 57.2 Å². The molecule has 6 nitrogen and oxygen atoms in total. The van der Waals surface area contributed by atoms with Crippen molar-refractivity contribution in [1.82, 2.24) is 9.88 Å². The molecule has 2 aromatic carbocycles. The van der Waals surface area contributed by atoms with E-state index in [-0.39, 0.29) is 17.9 Å². The number of carbonyl (C=O) groups excluding carboxylic acids is 2. The van der Waals surface area contributed by atoms with E-state index in [1.54, 1.807) is 24.5 Å². The Labute approximate surface area is 193 Å². The number of amides is 1. The highest BCUT2D eigenvalue weighted by atomic mass is 16.5. The number of hydrogen-bond acceptors (Lipinski definition) is 5. The Morgan fingerprint density at radius 3 is 2.52 bits per heavy atom. The first kappa shape index (κ1) is 22.3. The first-order valence-corrected chi connectivity index (χ1v) is 10.7. The van der Waals surface area contributed by atoms with Crippen LogP contribution in [-0.2, 0) is 16.1 Å². The molecule has 1 fully saturated rings. The van der Waals surface area contributed by atoms with Gasteiger partial charge in [-0.1, -0.05) is 42.0 Å². The summed E-state index contributed by atoms with van der Waals surface area (Å²) >= 11 is 0. The van der Waals surface area contributed by atoms with Gasteiger partial charge in [0.15, 0.2) is 0 Å². The maximum absolute atomic E-state index is 13.3. The lowest BCUT2D eigenvalue weighted by Crippen LogP contribution is -2.29. The van der Waals surface area contributed by atoms with Crippen molar-refractivity contribution in [3.63, 3.8) is 0 Å². The number of aliphatic hydroxyl groups is 1. The second-order valence-corrected chi connectivity index (χ2v) is 8.37. The van der Waals surface area contributed by atoms with Crippen molar-refractivity contribution in [2.75, 3.05) is 7.11 Å². The second-order valence-electron chi connectivity index (χ2n) is 8.37. The number of aliphatic hydroxyl groups excluding tert-OH is 1. The summed E-state index contributed by atoms with van der Waals surface area (Å²) in [7, 11) is 1.52. The highest BCUT2D eigenvalue weighted by molar-refractivity contribution is 6.46. The van der Waals surface area contributed by atoms with Crippen molar-refractivity contribution < 1.29 is 19.4 Å². The molecule has 1 unspecified atom stereocenters. The lowest BCUT2D eigenvalue weighted by atomic mass is 9.93. The fourth-order valence-corrected chi connectivity index (χ4v) is 4.46. The largest absolute Gasteiger partial charge is 0.507 e. The minimum atomic E-state index is -0.740. The second kappa shape index (κ2) is 8.90. The van der Waals surface area contributed by atoms with Crippen LogP contribution in [0.5, 0.6) is 5.75 Å². The van der Waals surface area contributed by atoms with Crippen LogP contribution in [0.4, 0.5) is 0 Å². The van der Waals surface area contributed by atoms with Crippen LogP contribution in [0.15, 0.2) is 66.5 Å². The van der Waals surface area contributed by atoms with Crippen molar-refractivity contribution in [3.8, 4) is 5.75 Å². The van der Waals surface area contributed by atoms with Crippen LogP contribution in [0.1, 0.15) is 39.4 Å². The zero-order valence-corrected chi connectivity index (χ0v) is 19.1. The number of nitrogens with zero attached hydrogens (tertiary/aromatic N) is 2. The molecule has 1 atom stereocenters. The van der Waals surface area contributed by atoms with Crippen LogP contribution in [0.25, 0.3) is 5.76 Å². The molecule has 6 heteroatoms. The SMILES string of the molecule is COc1c(C)cc(C)cc1/C(O)=C1\C(=O)C(=O)N(Cc2cccnc2)C1c1cccc(C)c1. The molecule has 0 saturated carbocycles. The molecule has 1 aliphatic heterocycles. The summed E-state index contributed by atoms with van der Waals surface area (Å²) in [4.78, 5) is 32.1. The average molecular weight is 443 g/mol. The molecule has 4 rings (SSSR count). The van der Waals surface area contributed by atoms with Gasteiger partial charge in [0.2, 0.25) is 0 Å². The Morgan fingerprint density at radius 1 is 1.06 bits per heavy atom. The monoisotopic (exact) mass is 442 g/mol. The van der Waals surface area contributed by atoms with Crippen LogP contribution in [-0.4, -0.2) is 33.8 Å². The van der Waals surface area contributed by atoms with Crippen LogP contribution in [0, 0.1) is 20.8 Å². The molecule has 0 spiro atoms. The molecule has 1 aromatic heterocycles. The van der Waals surface area contributed by atoms with Gasteiger partial charge in [-0.25, -0.2) is 0 Å². The molecule has 1 N–H and O–H groups in total. The molecular weight excluding hydrogens is 416 g/mol. The molecule has 1 amide bonds. The predicted molar refractivity (Wildman–Crippen MR) is 126 cm³/mol. The van der Waals surface area contributed by atoms with Crippen molar-refractivity contribution in [1.29, 1.82) is 0 Å². The number of carbonyl (C=O) groups is 2. The molecule has 0 bridgehead atoms. The fourth-order valence-electron chi connectivity index (χ4n) is 4.46. The van der Waals surface area contributed by atoms with Gasteiger partial charge in [0, 0.05) is 18.9 Å². The van der Waals surface area contributed by atoms with Gasteiger partial charge < -0.3 is 14.7 Å². The third-order valence-corrected chi connectivity index (χ3v) is 5.85. The number of ketones is 1. The summed E-state index contributed by atoms with van der Waals surface area (Å²) in [5.74, 6) is -1.14. The van der Waals surface area contributed by atoms with Crippen molar-refractivity contribution >= 4 is 17.4 Å². The molecule has 168 valence electrons. The number of rotatable bonds is 5. The summed E-state index contributed by atoms with van der Waals surface area (Å²) in [5, 5.41) is 11.4. The molecular formula is C27H26N2O4. The van der Waals surface area contributed by atoms with E-state index in [2.05, 4.69) is 4.98 Å². The maximum atomic E-state index is 13.3. The summed E-state index contributed by atoms with van der Waals surface area (Å²) in [5.41, 5.74) is 4.72. The average Bonchev–Trinajstić information content (AvgIpc) is 3.04. The van der Waals surface area contributed by atoms with Gasteiger partial charge in [0.05, 0.1) is 24.3 Å². The summed E-state index contributed by atoms with van der Waals surface area (Å²) < 4.78 is 5.54. The van der Waals surface area contributed by atoms with E-state index in [1.165, 1.54) is 12.0 Å². The molecule has 33 heavy (non-hydrogen) atoms. The normalized spacial score (nSPS) is 17.5. The molecule has 1 saturated heterocycles. The Morgan fingerprint density at radius 2 is 1.85 bits per heavy atom. The lowest BCUT2D eigenvalue weighted by molar-refractivity contribution is -0.140. The van der Waals surface area contributed by atoms with Crippen LogP contribution < -0.4 is 4.74 Å². The number of methoxy groups -OCH3 is 1. The number of aryl methyl sites for hydroxylation is 3. The van der Waals surface area contributed by atoms with Crippen LogP contribution >= 0.6 is 0 Å². The number of pyridine rings is 1. The summed E-state index contributed by atoms with van der Waals surface area (Å²) in [6.07, 6.45) is 3.32. The number of hydrogen-bond donors (Lipinski definition) is 1. The summed E-state index contributed by atoms with van der Waals surface area (Å²) in [6.45, 7) is 5.92. The third-order valence-electron chi connectivity index (χ3n) is 5.85. The Kier molecular flexibility index (Phi) is 6.01. The fraction of sp³-hybridized carbons (Fsp3) is 0.222. The number of ether oxygens (including phenoxy) is 1. The van der Waals surface area contributed by atoms with Gasteiger partial charge in [-0.2, -0.15) is 0 Å². The molecule has 0 aliphatic carbocycles. The number of benzene rings is 2. The highest BCUT2D eigenvalue weighted by Gasteiger charge is 2.46. The Balaban J connectivity index is 1.94. The van der Waals surface area contributed by atoms with E-state index in [4.69, 9.17) is 4.74 Å². The first-order chi connectivity index (χ1) is 15.8. The van der Waals surface area contributed by atoms with Gasteiger partial charge in [-0.3, -0.25) is 14.6 Å². The summed E-state index contributed by atoms with van der Waals surface area (Å²) in [6, 6.07) is 14.2. The Hall–Kier alpha value is -3.93. The number of aromatic nitrogens is 1. The smallest absolute Gasteiger partial charge is 0.295 e. The van der Waals surface area contributed by atoms with E-state index in [0.717, 1.165) is 27.8 Å². The molecule has 3 aromatic rings. The highest BCUT2D eigenvalue weighted by Crippen LogP contribution is 2.42. The topological polar surface area (TPSA) is 79.7 Å². The van der Waals surface area contributed by atoms with Gasteiger partial charge in [0.1, 0.15) is 11.5 Å². The van der Waals surface area contributed by atoms with Crippen molar-refractivity contribution in [2.24, 2.45) is 0 Å². The van der Waals surface area contributed by atoms with Gasteiger partial charge in [0.25, 0.3) is 11.7 Å². The van der Waals surface area contributed by atoms with E-state index in [0.29, 0.717) is 11.3 Å². The lowest BCUT2D eigenvalue weighted by Gasteiger charge is -2.26. The van der Waals surface area contributed by atoms with Crippen molar-refractivity contribution in [2.45, 2.75) is 33.4 Å².